The molecule has 0 aromatic carbocycles. The maximum absolute atomic E-state index is 6.19. The maximum Gasteiger partial charge on any atom is 0.232 e. The van der Waals surface area contributed by atoms with Crippen molar-refractivity contribution in [1.82, 2.24) is 15.1 Å². The third-order valence-corrected chi connectivity index (χ3v) is 4.75. The fraction of sp³-hybridized carbons (Fsp3) is 0.357. The van der Waals surface area contributed by atoms with E-state index in [9.17, 15) is 0 Å². The lowest BCUT2D eigenvalue weighted by Gasteiger charge is -2.34. The van der Waals surface area contributed by atoms with E-state index in [0.29, 0.717) is 18.1 Å². The van der Waals surface area contributed by atoms with Gasteiger partial charge in [-0.1, -0.05) is 5.16 Å². The van der Waals surface area contributed by atoms with Crippen molar-refractivity contribution >= 4 is 11.3 Å². The first-order chi connectivity index (χ1) is 10.2. The van der Waals surface area contributed by atoms with Crippen LogP contribution in [0.15, 0.2) is 32.9 Å². The minimum absolute atomic E-state index is 0.383. The maximum atomic E-state index is 6.19. The van der Waals surface area contributed by atoms with Gasteiger partial charge in [0.05, 0.1) is 23.9 Å². The standard InChI is InChI=1S/C14H14N4O2S/c15-14(3-1-4-14)13-17-11(20-18-13)6-10-8-21-12(16-10)9-2-5-19-7-9/h2,5,7-8H,1,3-4,6,15H2. The molecular weight excluding hydrogens is 288 g/mol. The Morgan fingerprint density at radius 1 is 1.33 bits per heavy atom. The van der Waals surface area contributed by atoms with Crippen molar-refractivity contribution in [1.29, 1.82) is 0 Å². The van der Waals surface area contributed by atoms with Crippen LogP contribution in [0, 0.1) is 0 Å². The largest absolute Gasteiger partial charge is 0.472 e. The second-order valence-corrected chi connectivity index (χ2v) is 6.21. The summed E-state index contributed by atoms with van der Waals surface area (Å²) in [5.41, 5.74) is 7.69. The Bertz CT molecular complexity index is 743. The van der Waals surface area contributed by atoms with Gasteiger partial charge in [0.15, 0.2) is 5.82 Å². The molecule has 0 amide bonds. The van der Waals surface area contributed by atoms with Crippen molar-refractivity contribution in [2.24, 2.45) is 5.73 Å². The normalized spacial score (nSPS) is 16.8. The summed E-state index contributed by atoms with van der Waals surface area (Å²) in [5.74, 6) is 1.18. The minimum Gasteiger partial charge on any atom is -0.472 e. The zero-order chi connectivity index (χ0) is 14.3. The SMILES string of the molecule is NC1(c2noc(Cc3csc(-c4ccoc4)n3)n2)CCC1. The lowest BCUT2D eigenvalue weighted by atomic mass is 9.77. The molecule has 4 rings (SSSR count). The number of nitrogens with two attached hydrogens (primary N) is 1. The molecule has 0 radical (unpaired) electrons. The van der Waals surface area contributed by atoms with Crippen LogP contribution >= 0.6 is 11.3 Å². The third kappa shape index (κ3) is 2.28. The smallest absolute Gasteiger partial charge is 0.232 e. The second-order valence-electron chi connectivity index (χ2n) is 5.35. The number of furan rings is 1. The molecule has 0 atom stereocenters. The van der Waals surface area contributed by atoms with Crippen molar-refractivity contribution in [3.8, 4) is 10.6 Å². The van der Waals surface area contributed by atoms with Crippen LogP contribution in [-0.2, 0) is 12.0 Å². The van der Waals surface area contributed by atoms with E-state index < -0.39 is 0 Å². The van der Waals surface area contributed by atoms with Gasteiger partial charge in [-0.3, -0.25) is 0 Å². The fourth-order valence-electron chi connectivity index (χ4n) is 2.37. The average Bonchev–Trinajstić information content (AvgIpc) is 3.17. The molecule has 21 heavy (non-hydrogen) atoms. The van der Waals surface area contributed by atoms with Gasteiger partial charge in [0, 0.05) is 10.9 Å². The molecule has 108 valence electrons. The molecule has 0 bridgehead atoms. The van der Waals surface area contributed by atoms with E-state index in [1.54, 1.807) is 23.9 Å². The Morgan fingerprint density at radius 3 is 2.95 bits per heavy atom. The molecule has 1 aliphatic carbocycles. The number of nitrogens with zero attached hydrogens (tertiary/aromatic N) is 3. The van der Waals surface area contributed by atoms with Gasteiger partial charge in [-0.2, -0.15) is 4.98 Å². The Balaban J connectivity index is 1.51. The predicted molar refractivity (Wildman–Crippen MR) is 76.6 cm³/mol. The molecule has 0 aliphatic heterocycles. The highest BCUT2D eigenvalue weighted by Gasteiger charge is 2.38. The third-order valence-electron chi connectivity index (χ3n) is 3.81. The first kappa shape index (κ1) is 12.7. The first-order valence-electron chi connectivity index (χ1n) is 6.82. The van der Waals surface area contributed by atoms with Crippen molar-refractivity contribution in [2.45, 2.75) is 31.2 Å². The summed E-state index contributed by atoms with van der Waals surface area (Å²) in [5, 5.41) is 6.93. The number of thiazole rings is 1. The Morgan fingerprint density at radius 2 is 2.24 bits per heavy atom. The molecule has 6 nitrogen and oxygen atoms in total. The van der Waals surface area contributed by atoms with Crippen LogP contribution in [-0.4, -0.2) is 15.1 Å². The van der Waals surface area contributed by atoms with Crippen LogP contribution < -0.4 is 5.73 Å². The average molecular weight is 302 g/mol. The Labute approximate surface area is 125 Å². The van der Waals surface area contributed by atoms with Crippen LogP contribution in [0.3, 0.4) is 0 Å². The van der Waals surface area contributed by atoms with Gasteiger partial charge in [0.25, 0.3) is 0 Å². The second kappa shape index (κ2) is 4.78. The van der Waals surface area contributed by atoms with E-state index in [2.05, 4.69) is 15.1 Å². The van der Waals surface area contributed by atoms with E-state index in [1.807, 2.05) is 11.4 Å². The summed E-state index contributed by atoms with van der Waals surface area (Å²) in [6.07, 6.45) is 6.82. The molecule has 0 spiro atoms. The molecule has 2 N–H and O–H groups in total. The number of hydrogen-bond acceptors (Lipinski definition) is 7. The molecule has 3 heterocycles. The topological polar surface area (TPSA) is 91.0 Å². The van der Waals surface area contributed by atoms with Gasteiger partial charge in [0.2, 0.25) is 5.89 Å². The zero-order valence-electron chi connectivity index (χ0n) is 11.3. The van der Waals surface area contributed by atoms with E-state index in [1.165, 1.54) is 0 Å². The first-order valence-corrected chi connectivity index (χ1v) is 7.70. The summed E-state index contributed by atoms with van der Waals surface area (Å²) >= 11 is 1.57. The minimum atomic E-state index is -0.383. The molecule has 1 aliphatic rings. The highest BCUT2D eigenvalue weighted by Crippen LogP contribution is 2.37. The lowest BCUT2D eigenvalue weighted by Crippen LogP contribution is -2.44. The molecule has 3 aromatic heterocycles. The Hall–Kier alpha value is -1.99. The monoisotopic (exact) mass is 302 g/mol. The molecule has 1 fully saturated rings. The summed E-state index contributed by atoms with van der Waals surface area (Å²) < 4.78 is 10.4. The van der Waals surface area contributed by atoms with Gasteiger partial charge < -0.3 is 14.7 Å². The number of aromatic nitrogens is 3. The zero-order valence-corrected chi connectivity index (χ0v) is 12.1. The Kier molecular flexibility index (Phi) is 2.90. The highest BCUT2D eigenvalue weighted by atomic mass is 32.1. The number of hydrogen-bond donors (Lipinski definition) is 1. The van der Waals surface area contributed by atoms with Crippen LogP contribution in [0.5, 0.6) is 0 Å². The van der Waals surface area contributed by atoms with E-state index >= 15 is 0 Å². The highest BCUT2D eigenvalue weighted by molar-refractivity contribution is 7.13. The summed E-state index contributed by atoms with van der Waals surface area (Å²) in [7, 11) is 0. The van der Waals surface area contributed by atoms with Crippen molar-refractivity contribution in [3.05, 3.63) is 41.4 Å². The molecular formula is C14H14N4O2S. The summed E-state index contributed by atoms with van der Waals surface area (Å²) in [6.45, 7) is 0. The van der Waals surface area contributed by atoms with Gasteiger partial charge >= 0.3 is 0 Å². The van der Waals surface area contributed by atoms with Crippen LogP contribution in [0.25, 0.3) is 10.6 Å². The molecule has 1 saturated carbocycles. The van der Waals surface area contributed by atoms with Gasteiger partial charge in [-0.05, 0) is 25.3 Å². The predicted octanol–water partition coefficient (Wildman–Crippen LogP) is 2.71. The van der Waals surface area contributed by atoms with Gasteiger partial charge in [0.1, 0.15) is 11.3 Å². The lowest BCUT2D eigenvalue weighted by molar-refractivity contribution is 0.229. The van der Waals surface area contributed by atoms with E-state index in [-0.39, 0.29) is 5.54 Å². The van der Waals surface area contributed by atoms with E-state index in [0.717, 1.165) is 35.5 Å². The molecule has 7 heteroatoms. The van der Waals surface area contributed by atoms with Crippen molar-refractivity contribution < 1.29 is 8.94 Å². The van der Waals surface area contributed by atoms with E-state index in [4.69, 9.17) is 14.7 Å². The van der Waals surface area contributed by atoms with Crippen molar-refractivity contribution in [3.63, 3.8) is 0 Å². The molecule has 3 aromatic rings. The van der Waals surface area contributed by atoms with Crippen molar-refractivity contribution in [2.75, 3.05) is 0 Å². The molecule has 0 unspecified atom stereocenters. The summed E-state index contributed by atoms with van der Waals surface area (Å²) in [6, 6.07) is 1.89. The van der Waals surface area contributed by atoms with Crippen LogP contribution in [0.4, 0.5) is 0 Å². The molecule has 0 saturated heterocycles. The quantitative estimate of drug-likeness (QED) is 0.796. The number of rotatable bonds is 4. The van der Waals surface area contributed by atoms with Crippen LogP contribution in [0.1, 0.15) is 36.7 Å². The van der Waals surface area contributed by atoms with Crippen LogP contribution in [0.2, 0.25) is 0 Å². The van der Waals surface area contributed by atoms with Gasteiger partial charge in [-0.25, -0.2) is 4.98 Å². The summed E-state index contributed by atoms with van der Waals surface area (Å²) in [4.78, 5) is 8.97. The van der Waals surface area contributed by atoms with Gasteiger partial charge in [-0.15, -0.1) is 11.3 Å². The fourth-order valence-corrected chi connectivity index (χ4v) is 3.18.